The van der Waals surface area contributed by atoms with Crippen LogP contribution in [0.2, 0.25) is 0 Å². The van der Waals surface area contributed by atoms with Gasteiger partial charge in [0, 0.05) is 13.1 Å². The summed E-state index contributed by atoms with van der Waals surface area (Å²) in [5.74, 6) is -0.0116. The van der Waals surface area contributed by atoms with E-state index in [-0.39, 0.29) is 30.0 Å². The van der Waals surface area contributed by atoms with Crippen LogP contribution < -0.4 is 9.47 Å². The summed E-state index contributed by atoms with van der Waals surface area (Å²) in [5, 5.41) is 0. The van der Waals surface area contributed by atoms with Crippen molar-refractivity contribution < 1.29 is 33.3 Å². The average molecular weight is 407 g/mol. The third-order valence-corrected chi connectivity index (χ3v) is 4.68. The van der Waals surface area contributed by atoms with Gasteiger partial charge in [-0.05, 0) is 37.0 Å². The molecule has 0 aliphatic carbocycles. The van der Waals surface area contributed by atoms with E-state index in [0.717, 1.165) is 0 Å². The van der Waals surface area contributed by atoms with Crippen molar-refractivity contribution in [2.75, 3.05) is 40.5 Å². The van der Waals surface area contributed by atoms with Gasteiger partial charge in [0.1, 0.15) is 0 Å². The second-order valence-corrected chi connectivity index (χ2v) is 7.32. The summed E-state index contributed by atoms with van der Waals surface area (Å²) < 4.78 is 20.8. The fourth-order valence-corrected chi connectivity index (χ4v) is 3.00. The Bertz CT molecular complexity index is 724. The van der Waals surface area contributed by atoms with Crippen LogP contribution in [0, 0.1) is 11.8 Å². The van der Waals surface area contributed by atoms with E-state index < -0.39 is 5.97 Å². The Hall–Kier alpha value is -2.77. The maximum atomic E-state index is 12.3. The van der Waals surface area contributed by atoms with Crippen LogP contribution in [0.5, 0.6) is 11.5 Å². The molecule has 1 aliphatic rings. The first-order chi connectivity index (χ1) is 13.8. The van der Waals surface area contributed by atoms with Gasteiger partial charge in [0.15, 0.2) is 18.1 Å². The summed E-state index contributed by atoms with van der Waals surface area (Å²) in [5.41, 5.74) is 0.274. The molecule has 1 aliphatic heterocycles. The SMILES string of the molecule is COC(=O)C1CCN(C(=O)COC(=O)c2ccc(OCC(C)C)c(OC)c2)CC1. The van der Waals surface area contributed by atoms with E-state index in [0.29, 0.717) is 50.0 Å². The van der Waals surface area contributed by atoms with Gasteiger partial charge >= 0.3 is 11.9 Å². The molecule has 1 aromatic rings. The third-order valence-electron chi connectivity index (χ3n) is 4.68. The fraction of sp³-hybridized carbons (Fsp3) is 0.571. The predicted molar refractivity (Wildman–Crippen MR) is 105 cm³/mol. The Morgan fingerprint density at radius 2 is 1.79 bits per heavy atom. The molecule has 0 aromatic heterocycles. The maximum Gasteiger partial charge on any atom is 0.338 e. The van der Waals surface area contributed by atoms with Crippen molar-refractivity contribution in [1.82, 2.24) is 4.90 Å². The van der Waals surface area contributed by atoms with Gasteiger partial charge in [-0.25, -0.2) is 4.79 Å². The Labute approximate surface area is 171 Å². The molecule has 160 valence electrons. The number of hydrogen-bond acceptors (Lipinski definition) is 7. The molecule has 0 N–H and O–H groups in total. The van der Waals surface area contributed by atoms with E-state index in [1.165, 1.54) is 20.3 Å². The molecule has 0 bridgehead atoms. The van der Waals surface area contributed by atoms with Crippen molar-refractivity contribution in [3.05, 3.63) is 23.8 Å². The molecule has 1 heterocycles. The van der Waals surface area contributed by atoms with E-state index in [9.17, 15) is 14.4 Å². The fourth-order valence-electron chi connectivity index (χ4n) is 3.00. The summed E-state index contributed by atoms with van der Waals surface area (Å²) in [6.45, 7) is 5.12. The van der Waals surface area contributed by atoms with Gasteiger partial charge in [0.05, 0.1) is 32.3 Å². The number of amides is 1. The molecule has 8 heteroatoms. The second-order valence-electron chi connectivity index (χ2n) is 7.32. The minimum atomic E-state index is -0.614. The summed E-state index contributed by atoms with van der Waals surface area (Å²) in [6, 6.07) is 4.76. The molecule has 1 saturated heterocycles. The van der Waals surface area contributed by atoms with Crippen molar-refractivity contribution in [1.29, 1.82) is 0 Å². The van der Waals surface area contributed by atoms with Gasteiger partial charge in [-0.1, -0.05) is 13.8 Å². The number of benzene rings is 1. The van der Waals surface area contributed by atoms with Crippen LogP contribution in [0.4, 0.5) is 0 Å². The van der Waals surface area contributed by atoms with Crippen molar-refractivity contribution in [3.8, 4) is 11.5 Å². The molecule has 29 heavy (non-hydrogen) atoms. The van der Waals surface area contributed by atoms with Crippen LogP contribution in [0.15, 0.2) is 18.2 Å². The number of methoxy groups -OCH3 is 2. The molecular formula is C21H29NO7. The second kappa shape index (κ2) is 10.7. The van der Waals surface area contributed by atoms with Crippen molar-refractivity contribution >= 4 is 17.8 Å². The van der Waals surface area contributed by atoms with Gasteiger partial charge in [0.2, 0.25) is 0 Å². The number of rotatable bonds is 8. The lowest BCUT2D eigenvalue weighted by atomic mass is 9.97. The first-order valence-corrected chi connectivity index (χ1v) is 9.69. The summed E-state index contributed by atoms with van der Waals surface area (Å²) in [7, 11) is 2.85. The highest BCUT2D eigenvalue weighted by atomic mass is 16.5. The molecular weight excluding hydrogens is 378 g/mol. The van der Waals surface area contributed by atoms with E-state index in [4.69, 9.17) is 18.9 Å². The number of likely N-dealkylation sites (tertiary alicyclic amines) is 1. The topological polar surface area (TPSA) is 91.4 Å². The zero-order chi connectivity index (χ0) is 21.4. The standard InChI is InChI=1S/C21H29NO7/c1-14(2)12-28-17-6-5-16(11-18(17)26-3)21(25)29-13-19(23)22-9-7-15(8-10-22)20(24)27-4/h5-6,11,14-15H,7-10,12-13H2,1-4H3. The van der Waals surface area contributed by atoms with Gasteiger partial charge in [-0.3, -0.25) is 9.59 Å². The number of carbonyl (C=O) groups is 3. The molecule has 8 nitrogen and oxygen atoms in total. The smallest absolute Gasteiger partial charge is 0.338 e. The molecule has 2 rings (SSSR count). The molecule has 0 spiro atoms. The number of carbonyl (C=O) groups excluding carboxylic acids is 3. The number of esters is 2. The van der Waals surface area contributed by atoms with Crippen molar-refractivity contribution in [3.63, 3.8) is 0 Å². The number of piperidine rings is 1. The van der Waals surface area contributed by atoms with Crippen LogP contribution in [-0.4, -0.2) is 63.3 Å². The van der Waals surface area contributed by atoms with E-state index >= 15 is 0 Å². The highest BCUT2D eigenvalue weighted by Gasteiger charge is 2.28. The molecule has 1 amide bonds. The Morgan fingerprint density at radius 3 is 2.38 bits per heavy atom. The first kappa shape index (κ1) is 22.5. The quantitative estimate of drug-likeness (QED) is 0.611. The largest absolute Gasteiger partial charge is 0.493 e. The number of ether oxygens (including phenoxy) is 4. The predicted octanol–water partition coefficient (Wildman–Crippen LogP) is 2.30. The van der Waals surface area contributed by atoms with E-state index in [2.05, 4.69) is 0 Å². The van der Waals surface area contributed by atoms with Crippen LogP contribution in [0.25, 0.3) is 0 Å². The van der Waals surface area contributed by atoms with Crippen LogP contribution in [0.3, 0.4) is 0 Å². The lowest BCUT2D eigenvalue weighted by molar-refractivity contribution is -0.149. The highest BCUT2D eigenvalue weighted by molar-refractivity contribution is 5.92. The zero-order valence-corrected chi connectivity index (χ0v) is 17.4. The highest BCUT2D eigenvalue weighted by Crippen LogP contribution is 2.29. The summed E-state index contributed by atoms with van der Waals surface area (Å²) in [6.07, 6.45) is 1.09. The summed E-state index contributed by atoms with van der Waals surface area (Å²) in [4.78, 5) is 37.7. The third kappa shape index (κ3) is 6.37. The normalized spacial score (nSPS) is 14.4. The number of nitrogens with zero attached hydrogens (tertiary/aromatic N) is 1. The van der Waals surface area contributed by atoms with Gasteiger partial charge < -0.3 is 23.8 Å². The maximum absolute atomic E-state index is 12.3. The van der Waals surface area contributed by atoms with E-state index in [1.54, 1.807) is 17.0 Å². The van der Waals surface area contributed by atoms with E-state index in [1.807, 2.05) is 13.8 Å². The lowest BCUT2D eigenvalue weighted by Gasteiger charge is -2.30. The Kier molecular flexibility index (Phi) is 8.30. The lowest BCUT2D eigenvalue weighted by Crippen LogP contribution is -2.42. The molecule has 0 atom stereocenters. The molecule has 0 unspecified atom stereocenters. The first-order valence-electron chi connectivity index (χ1n) is 9.69. The molecule has 1 fully saturated rings. The average Bonchev–Trinajstić information content (AvgIpc) is 2.75. The van der Waals surface area contributed by atoms with Gasteiger partial charge in [-0.2, -0.15) is 0 Å². The molecule has 0 radical (unpaired) electrons. The zero-order valence-electron chi connectivity index (χ0n) is 17.4. The van der Waals surface area contributed by atoms with Crippen LogP contribution in [0.1, 0.15) is 37.0 Å². The molecule has 0 saturated carbocycles. The summed E-state index contributed by atoms with van der Waals surface area (Å²) >= 11 is 0. The van der Waals surface area contributed by atoms with Crippen LogP contribution in [-0.2, 0) is 19.1 Å². The van der Waals surface area contributed by atoms with Gasteiger partial charge in [0.25, 0.3) is 5.91 Å². The molecule has 1 aromatic carbocycles. The van der Waals surface area contributed by atoms with Gasteiger partial charge in [-0.15, -0.1) is 0 Å². The Morgan fingerprint density at radius 1 is 1.10 bits per heavy atom. The Balaban J connectivity index is 1.87. The number of hydrogen-bond donors (Lipinski definition) is 0. The minimum absolute atomic E-state index is 0.185. The minimum Gasteiger partial charge on any atom is -0.493 e. The van der Waals surface area contributed by atoms with Crippen molar-refractivity contribution in [2.45, 2.75) is 26.7 Å². The monoisotopic (exact) mass is 407 g/mol. The van der Waals surface area contributed by atoms with Crippen molar-refractivity contribution in [2.24, 2.45) is 11.8 Å². The van der Waals surface area contributed by atoms with Crippen LogP contribution >= 0.6 is 0 Å².